The molecule has 0 radical (unpaired) electrons. The molecule has 2 N–H and O–H groups in total. The number of aliphatic imine (C=N–C) groups is 2. The Kier molecular flexibility index (Phi) is 5.24. The average Bonchev–Trinajstić information content (AvgIpc) is 2.64. The van der Waals surface area contributed by atoms with Crippen molar-refractivity contribution in [2.24, 2.45) is 20.8 Å². The summed E-state index contributed by atoms with van der Waals surface area (Å²) in [6.45, 7) is 2.02. The Balaban J connectivity index is 2.62. The molecule has 0 bridgehead atoms. The number of guanidine groups is 1. The number of nitrogens with two attached hydrogens (primary N) is 1. The molecule has 9 nitrogen and oxygen atoms in total. The van der Waals surface area contributed by atoms with Gasteiger partial charge in [-0.05, 0) is 6.92 Å². The summed E-state index contributed by atoms with van der Waals surface area (Å²) in [6.07, 6.45) is 0.0755. The fourth-order valence-electron chi connectivity index (χ4n) is 1.08. The van der Waals surface area contributed by atoms with Crippen molar-refractivity contribution in [3.05, 3.63) is 10.1 Å². The van der Waals surface area contributed by atoms with Crippen LogP contribution in [0.2, 0.25) is 0 Å². The van der Waals surface area contributed by atoms with Crippen LogP contribution in [0.4, 0.5) is 0 Å². The number of hydrazone groups is 1. The molecule has 1 aliphatic heterocycles. The van der Waals surface area contributed by atoms with E-state index in [0.717, 1.165) is 0 Å². The number of rotatable bonds is 4. The third kappa shape index (κ3) is 4.91. The molecular formula is C8H11N5O4S. The van der Waals surface area contributed by atoms with E-state index in [2.05, 4.69) is 15.1 Å². The minimum absolute atomic E-state index is 0.0755. The zero-order chi connectivity index (χ0) is 13.5. The second kappa shape index (κ2) is 6.69. The van der Waals surface area contributed by atoms with E-state index >= 15 is 0 Å². The minimum Gasteiger partial charge on any atom is -0.466 e. The van der Waals surface area contributed by atoms with Crippen molar-refractivity contribution in [2.75, 3.05) is 12.4 Å². The number of ether oxygens (including phenoxy) is 1. The quantitative estimate of drug-likeness (QED) is 0.252. The van der Waals surface area contributed by atoms with Crippen LogP contribution < -0.4 is 5.73 Å². The first-order valence-electron chi connectivity index (χ1n) is 4.93. The van der Waals surface area contributed by atoms with Gasteiger partial charge in [0.25, 0.3) is 5.96 Å². The highest BCUT2D eigenvalue weighted by molar-refractivity contribution is 8.15. The Hall–Kier alpha value is -1.97. The molecule has 0 aromatic heterocycles. The van der Waals surface area contributed by atoms with Gasteiger partial charge in [0.2, 0.25) is 0 Å². The van der Waals surface area contributed by atoms with E-state index in [-0.39, 0.29) is 17.6 Å². The molecule has 0 aromatic rings. The molecule has 0 saturated heterocycles. The first-order valence-corrected chi connectivity index (χ1v) is 5.91. The van der Waals surface area contributed by atoms with Crippen LogP contribution >= 0.6 is 11.8 Å². The number of nitrogens with zero attached hydrogens (tertiary/aromatic N) is 4. The van der Waals surface area contributed by atoms with Gasteiger partial charge in [-0.1, -0.05) is 11.8 Å². The van der Waals surface area contributed by atoms with Gasteiger partial charge in [0.15, 0.2) is 10.2 Å². The molecule has 1 heterocycles. The highest BCUT2D eigenvalue weighted by Crippen LogP contribution is 2.16. The molecule has 0 aliphatic carbocycles. The molecular weight excluding hydrogens is 262 g/mol. The monoisotopic (exact) mass is 273 g/mol. The lowest BCUT2D eigenvalue weighted by molar-refractivity contribution is -0.485. The number of nitro groups is 1. The second-order valence-electron chi connectivity index (χ2n) is 3.04. The standard InChI is InChI=1S/C8H11N5O4S/c1-2-17-6(14)3-5-4-18-8(10-5)11-7(9)12-13(15)16/h2-4H2,1H3,(H2,9,12)/b11-8-. The topological polar surface area (TPSA) is 133 Å². The van der Waals surface area contributed by atoms with Gasteiger partial charge in [-0.15, -0.1) is 0 Å². The molecule has 18 heavy (non-hydrogen) atoms. The molecule has 1 rings (SSSR count). The summed E-state index contributed by atoms with van der Waals surface area (Å²) in [7, 11) is 0. The first kappa shape index (κ1) is 14.1. The Labute approximate surface area is 106 Å². The van der Waals surface area contributed by atoms with Crippen molar-refractivity contribution in [1.82, 2.24) is 0 Å². The Morgan fingerprint density at radius 2 is 2.44 bits per heavy atom. The number of carbonyl (C=O) groups is 1. The van der Waals surface area contributed by atoms with Gasteiger partial charge in [0, 0.05) is 11.5 Å². The van der Waals surface area contributed by atoms with Crippen LogP contribution in [0.5, 0.6) is 0 Å². The Morgan fingerprint density at radius 3 is 3.06 bits per heavy atom. The predicted molar refractivity (Wildman–Crippen MR) is 67.2 cm³/mol. The molecule has 0 spiro atoms. The zero-order valence-corrected chi connectivity index (χ0v) is 10.3. The van der Waals surface area contributed by atoms with Gasteiger partial charge in [-0.3, -0.25) is 4.79 Å². The minimum atomic E-state index is -0.942. The lowest BCUT2D eigenvalue weighted by atomic mass is 10.3. The molecule has 0 amide bonds. The summed E-state index contributed by atoms with van der Waals surface area (Å²) >= 11 is 1.22. The Morgan fingerprint density at radius 1 is 1.72 bits per heavy atom. The molecule has 0 saturated carbocycles. The van der Waals surface area contributed by atoms with Gasteiger partial charge in [0.1, 0.15) is 5.10 Å². The SMILES string of the molecule is CCOC(=O)CC1=N/C(=N/C(N)=N/[N+](=O)[O-])SC1. The van der Waals surface area contributed by atoms with E-state index in [9.17, 15) is 14.9 Å². The number of hydrogen-bond acceptors (Lipinski definition) is 5. The van der Waals surface area contributed by atoms with Crippen LogP contribution in [-0.4, -0.2) is 40.2 Å². The number of thioether (sulfide) groups is 1. The maximum absolute atomic E-state index is 11.2. The summed E-state index contributed by atoms with van der Waals surface area (Å²) in [4.78, 5) is 28.9. The highest BCUT2D eigenvalue weighted by Gasteiger charge is 2.17. The summed E-state index contributed by atoms with van der Waals surface area (Å²) in [6, 6.07) is 0. The number of amidine groups is 1. The van der Waals surface area contributed by atoms with Gasteiger partial charge in [0.05, 0.1) is 13.0 Å². The molecule has 0 aromatic carbocycles. The maximum atomic E-state index is 11.2. The number of esters is 1. The number of carbonyl (C=O) groups excluding carboxylic acids is 1. The van der Waals surface area contributed by atoms with E-state index in [1.807, 2.05) is 0 Å². The zero-order valence-electron chi connectivity index (χ0n) is 9.53. The molecule has 0 unspecified atom stereocenters. The summed E-state index contributed by atoms with van der Waals surface area (Å²) in [5, 5.41) is 12.1. The predicted octanol–water partition coefficient (Wildman–Crippen LogP) is -0.0102. The smallest absolute Gasteiger partial charge is 0.311 e. The van der Waals surface area contributed by atoms with Crippen LogP contribution in [0, 0.1) is 10.1 Å². The first-order chi connectivity index (χ1) is 8.51. The maximum Gasteiger partial charge on any atom is 0.311 e. The van der Waals surface area contributed by atoms with Crippen molar-refractivity contribution < 1.29 is 14.6 Å². The lowest BCUT2D eigenvalue weighted by Crippen LogP contribution is -2.12. The van der Waals surface area contributed by atoms with Crippen molar-refractivity contribution in [2.45, 2.75) is 13.3 Å². The van der Waals surface area contributed by atoms with E-state index < -0.39 is 11.0 Å². The molecule has 98 valence electrons. The summed E-state index contributed by atoms with van der Waals surface area (Å²) in [5.74, 6) is -0.378. The second-order valence-corrected chi connectivity index (χ2v) is 3.98. The Bertz CT molecular complexity index is 445. The van der Waals surface area contributed by atoms with Crippen LogP contribution in [-0.2, 0) is 9.53 Å². The largest absolute Gasteiger partial charge is 0.466 e. The van der Waals surface area contributed by atoms with Gasteiger partial charge in [-0.25, -0.2) is 15.1 Å². The molecule has 0 atom stereocenters. The van der Waals surface area contributed by atoms with Crippen molar-refractivity contribution >= 4 is 34.6 Å². The van der Waals surface area contributed by atoms with Gasteiger partial charge in [-0.2, -0.15) is 4.99 Å². The molecule has 0 fully saturated rings. The summed E-state index contributed by atoms with van der Waals surface area (Å²) < 4.78 is 4.77. The third-order valence-electron chi connectivity index (χ3n) is 1.67. The normalized spacial score (nSPS) is 17.7. The van der Waals surface area contributed by atoms with E-state index in [4.69, 9.17) is 10.5 Å². The molecule has 10 heteroatoms. The molecule has 1 aliphatic rings. The van der Waals surface area contributed by atoms with E-state index in [1.165, 1.54) is 11.8 Å². The van der Waals surface area contributed by atoms with Crippen molar-refractivity contribution in [1.29, 1.82) is 0 Å². The third-order valence-corrected chi connectivity index (χ3v) is 2.59. The fraction of sp³-hybridized carbons (Fsp3) is 0.500. The van der Waals surface area contributed by atoms with E-state index in [0.29, 0.717) is 18.1 Å². The van der Waals surface area contributed by atoms with Crippen LogP contribution in [0.1, 0.15) is 13.3 Å². The fourth-order valence-corrected chi connectivity index (χ4v) is 1.89. The van der Waals surface area contributed by atoms with E-state index in [1.54, 1.807) is 6.92 Å². The van der Waals surface area contributed by atoms with Gasteiger partial charge < -0.3 is 10.5 Å². The highest BCUT2D eigenvalue weighted by atomic mass is 32.2. The van der Waals surface area contributed by atoms with Crippen molar-refractivity contribution in [3.63, 3.8) is 0 Å². The van der Waals surface area contributed by atoms with Crippen LogP contribution in [0.3, 0.4) is 0 Å². The van der Waals surface area contributed by atoms with Crippen LogP contribution in [0.15, 0.2) is 15.1 Å². The summed E-state index contributed by atoms with van der Waals surface area (Å²) in [5.41, 5.74) is 5.78. The van der Waals surface area contributed by atoms with Gasteiger partial charge >= 0.3 is 5.97 Å². The number of hydrogen-bond donors (Lipinski definition) is 1. The lowest BCUT2D eigenvalue weighted by Gasteiger charge is -1.99. The van der Waals surface area contributed by atoms with Crippen LogP contribution in [0.25, 0.3) is 0 Å². The van der Waals surface area contributed by atoms with Crippen molar-refractivity contribution in [3.8, 4) is 0 Å². The average molecular weight is 273 g/mol.